The third kappa shape index (κ3) is 4.17. The first-order valence-corrected chi connectivity index (χ1v) is 10.6. The highest BCUT2D eigenvalue weighted by Crippen LogP contribution is 2.39. The maximum absolute atomic E-state index is 13.0. The molecule has 1 N–H and O–H groups in total. The van der Waals surface area contributed by atoms with Crippen molar-refractivity contribution in [3.63, 3.8) is 0 Å². The van der Waals surface area contributed by atoms with Crippen LogP contribution < -0.4 is 10.2 Å². The van der Waals surface area contributed by atoms with E-state index in [-0.39, 0.29) is 17.5 Å². The van der Waals surface area contributed by atoms with Gasteiger partial charge < -0.3 is 5.32 Å². The molecule has 2 amide bonds. The largest absolute Gasteiger partial charge is 0.335 e. The van der Waals surface area contributed by atoms with Gasteiger partial charge in [0, 0.05) is 43.3 Å². The number of rotatable bonds is 3. The Morgan fingerprint density at radius 1 is 1.20 bits per heavy atom. The van der Waals surface area contributed by atoms with Gasteiger partial charge in [0.05, 0.1) is 23.0 Å². The lowest BCUT2D eigenvalue weighted by molar-refractivity contribution is 0.188. The van der Waals surface area contributed by atoms with Crippen LogP contribution in [0.25, 0.3) is 0 Å². The van der Waals surface area contributed by atoms with E-state index in [1.54, 1.807) is 0 Å². The molecule has 0 spiro atoms. The number of nitrogens with one attached hydrogen (secondary N) is 1. The number of anilines is 1. The number of benzene rings is 1. The number of nitriles is 1. The lowest BCUT2D eigenvalue weighted by Crippen LogP contribution is -2.49. The van der Waals surface area contributed by atoms with Crippen molar-refractivity contribution in [2.75, 3.05) is 24.5 Å². The molecule has 0 atom stereocenters. The molecule has 156 valence electrons. The highest BCUT2D eigenvalue weighted by Gasteiger charge is 2.40. The Hall–Kier alpha value is -2.91. The summed E-state index contributed by atoms with van der Waals surface area (Å²) in [6.07, 6.45) is 1.89. The van der Waals surface area contributed by atoms with E-state index >= 15 is 0 Å². The molecule has 0 unspecified atom stereocenters. The summed E-state index contributed by atoms with van der Waals surface area (Å²) in [5, 5.41) is 12.2. The topological polar surface area (TPSA) is 72.3 Å². The lowest BCUT2D eigenvalue weighted by Gasteiger charge is -2.33. The van der Waals surface area contributed by atoms with Crippen molar-refractivity contribution in [2.45, 2.75) is 51.6 Å². The zero-order valence-corrected chi connectivity index (χ0v) is 18.0. The van der Waals surface area contributed by atoms with Gasteiger partial charge in [0.15, 0.2) is 0 Å². The van der Waals surface area contributed by atoms with Crippen molar-refractivity contribution < 1.29 is 4.79 Å². The SMILES string of the molecule is Cc1ccc2c(n1)C(C)(C)CN2C(=O)NC1CCN(Cc2ccc(C#N)cc2)CC1. The van der Waals surface area contributed by atoms with Gasteiger partial charge in [-0.3, -0.25) is 14.8 Å². The van der Waals surface area contributed by atoms with Crippen LogP contribution in [0, 0.1) is 18.3 Å². The monoisotopic (exact) mass is 403 g/mol. The van der Waals surface area contributed by atoms with Gasteiger partial charge in [-0.05, 0) is 49.6 Å². The van der Waals surface area contributed by atoms with Gasteiger partial charge in [-0.15, -0.1) is 0 Å². The molecule has 4 rings (SSSR count). The lowest BCUT2D eigenvalue weighted by atomic mass is 9.91. The summed E-state index contributed by atoms with van der Waals surface area (Å²) in [5.41, 5.74) is 4.70. The number of carbonyl (C=O) groups excluding carboxylic acids is 1. The van der Waals surface area contributed by atoms with Crippen LogP contribution >= 0.6 is 0 Å². The number of hydrogen-bond donors (Lipinski definition) is 1. The third-order valence-electron chi connectivity index (χ3n) is 6.15. The van der Waals surface area contributed by atoms with Crippen LogP contribution in [0.3, 0.4) is 0 Å². The van der Waals surface area contributed by atoms with E-state index < -0.39 is 0 Å². The molecule has 6 nitrogen and oxygen atoms in total. The molecule has 1 fully saturated rings. The molecular formula is C24H29N5O. The number of aryl methyl sites for hydroxylation is 1. The fourth-order valence-electron chi connectivity index (χ4n) is 4.43. The Labute approximate surface area is 178 Å². The van der Waals surface area contributed by atoms with Gasteiger partial charge in [-0.1, -0.05) is 26.0 Å². The molecule has 2 aliphatic rings. The van der Waals surface area contributed by atoms with Gasteiger partial charge in [0.1, 0.15) is 0 Å². The van der Waals surface area contributed by atoms with E-state index in [0.717, 1.165) is 49.6 Å². The average molecular weight is 404 g/mol. The van der Waals surface area contributed by atoms with E-state index in [0.29, 0.717) is 12.1 Å². The van der Waals surface area contributed by atoms with Gasteiger partial charge in [-0.25, -0.2) is 4.79 Å². The summed E-state index contributed by atoms with van der Waals surface area (Å²) in [4.78, 5) is 22.0. The molecular weight excluding hydrogens is 374 g/mol. The smallest absolute Gasteiger partial charge is 0.322 e. The first-order chi connectivity index (χ1) is 14.4. The highest BCUT2D eigenvalue weighted by molar-refractivity contribution is 5.94. The van der Waals surface area contributed by atoms with Gasteiger partial charge in [0.25, 0.3) is 0 Å². The summed E-state index contributed by atoms with van der Waals surface area (Å²) in [5.74, 6) is 0. The summed E-state index contributed by atoms with van der Waals surface area (Å²) < 4.78 is 0. The standard InChI is InChI=1S/C24H29N5O/c1-17-4-9-21-22(26-17)24(2,3)16-29(21)23(30)27-20-10-12-28(13-11-20)15-19-7-5-18(14-25)6-8-19/h4-9,20H,10-13,15-16H2,1-3H3,(H,27,30). The number of amides is 2. The first-order valence-electron chi connectivity index (χ1n) is 10.6. The Morgan fingerprint density at radius 3 is 2.57 bits per heavy atom. The average Bonchev–Trinajstić information content (AvgIpc) is 3.00. The molecule has 0 bridgehead atoms. The van der Waals surface area contributed by atoms with Crippen molar-refractivity contribution in [1.29, 1.82) is 5.26 Å². The van der Waals surface area contributed by atoms with Gasteiger partial charge >= 0.3 is 6.03 Å². The zero-order chi connectivity index (χ0) is 21.3. The Balaban J connectivity index is 1.32. The molecule has 0 saturated carbocycles. The number of piperidine rings is 1. The number of likely N-dealkylation sites (tertiary alicyclic amines) is 1. The maximum atomic E-state index is 13.0. The second-order valence-electron chi connectivity index (χ2n) is 9.10. The molecule has 30 heavy (non-hydrogen) atoms. The van der Waals surface area contributed by atoms with Crippen LogP contribution in [0.15, 0.2) is 36.4 Å². The van der Waals surface area contributed by atoms with E-state index in [2.05, 4.69) is 30.1 Å². The Kier molecular flexibility index (Phi) is 5.48. The minimum absolute atomic E-state index is 0.0157. The molecule has 2 aromatic rings. The van der Waals surface area contributed by atoms with E-state index in [9.17, 15) is 4.79 Å². The quantitative estimate of drug-likeness (QED) is 0.848. The number of hydrogen-bond acceptors (Lipinski definition) is 4. The number of nitrogens with zero attached hydrogens (tertiary/aromatic N) is 4. The normalized spacial score (nSPS) is 18.7. The second kappa shape index (κ2) is 8.08. The summed E-state index contributed by atoms with van der Waals surface area (Å²) in [6.45, 7) is 9.72. The van der Waals surface area contributed by atoms with Crippen LogP contribution in [0.1, 0.15) is 49.2 Å². The minimum atomic E-state index is -0.136. The molecule has 1 saturated heterocycles. The van der Waals surface area contributed by atoms with E-state index in [1.165, 1.54) is 5.56 Å². The minimum Gasteiger partial charge on any atom is -0.335 e. The Bertz CT molecular complexity index is 968. The van der Waals surface area contributed by atoms with Crippen LogP contribution in [0.4, 0.5) is 10.5 Å². The fraction of sp³-hybridized carbons (Fsp3) is 0.458. The first kappa shape index (κ1) is 20.4. The molecule has 1 aromatic carbocycles. The molecule has 3 heterocycles. The summed E-state index contributed by atoms with van der Waals surface area (Å²) in [6, 6.07) is 14.1. The molecule has 6 heteroatoms. The Morgan fingerprint density at radius 2 is 1.90 bits per heavy atom. The number of aromatic nitrogens is 1. The van der Waals surface area contributed by atoms with Crippen molar-refractivity contribution in [2.24, 2.45) is 0 Å². The number of pyridine rings is 1. The van der Waals surface area contributed by atoms with Crippen LogP contribution in [0.2, 0.25) is 0 Å². The van der Waals surface area contributed by atoms with Crippen molar-refractivity contribution >= 4 is 11.7 Å². The number of urea groups is 1. The molecule has 0 aliphatic carbocycles. The predicted octanol–water partition coefficient (Wildman–Crippen LogP) is 3.73. The van der Waals surface area contributed by atoms with E-state index in [4.69, 9.17) is 10.2 Å². The third-order valence-corrected chi connectivity index (χ3v) is 6.15. The molecule has 0 radical (unpaired) electrons. The highest BCUT2D eigenvalue weighted by atomic mass is 16.2. The van der Waals surface area contributed by atoms with Crippen molar-refractivity contribution in [3.05, 3.63) is 58.9 Å². The van der Waals surface area contributed by atoms with Gasteiger partial charge in [0.2, 0.25) is 0 Å². The van der Waals surface area contributed by atoms with Crippen molar-refractivity contribution in [3.8, 4) is 6.07 Å². The van der Waals surface area contributed by atoms with Gasteiger partial charge in [-0.2, -0.15) is 5.26 Å². The molecule has 2 aliphatic heterocycles. The fourth-order valence-corrected chi connectivity index (χ4v) is 4.43. The summed E-state index contributed by atoms with van der Waals surface area (Å²) >= 11 is 0. The van der Waals surface area contributed by atoms with Crippen LogP contribution in [-0.4, -0.2) is 41.6 Å². The summed E-state index contributed by atoms with van der Waals surface area (Å²) in [7, 11) is 0. The van der Waals surface area contributed by atoms with Crippen LogP contribution in [0.5, 0.6) is 0 Å². The zero-order valence-electron chi connectivity index (χ0n) is 18.0. The molecule has 1 aromatic heterocycles. The van der Waals surface area contributed by atoms with Crippen LogP contribution in [-0.2, 0) is 12.0 Å². The predicted molar refractivity (Wildman–Crippen MR) is 117 cm³/mol. The van der Waals surface area contributed by atoms with Crippen molar-refractivity contribution in [1.82, 2.24) is 15.2 Å². The maximum Gasteiger partial charge on any atom is 0.322 e. The number of carbonyl (C=O) groups is 1. The van der Waals surface area contributed by atoms with E-state index in [1.807, 2.05) is 48.2 Å². The number of fused-ring (bicyclic) bond motifs is 1. The second-order valence-corrected chi connectivity index (χ2v) is 9.10.